The van der Waals surface area contributed by atoms with Crippen molar-refractivity contribution in [1.29, 1.82) is 0 Å². The predicted molar refractivity (Wildman–Crippen MR) is 86.2 cm³/mol. The summed E-state index contributed by atoms with van der Waals surface area (Å²) in [5, 5.41) is 0. The Morgan fingerprint density at radius 3 is 2.55 bits per heavy atom. The summed E-state index contributed by atoms with van der Waals surface area (Å²) in [6, 6.07) is 8.14. The summed E-state index contributed by atoms with van der Waals surface area (Å²) >= 11 is 0. The van der Waals surface area contributed by atoms with E-state index in [4.69, 9.17) is 0 Å². The first-order valence-electron chi connectivity index (χ1n) is 7.64. The zero-order chi connectivity index (χ0) is 15.0. The lowest BCUT2D eigenvalue weighted by atomic mass is 10.2. The van der Waals surface area contributed by atoms with Crippen LogP contribution in [0.1, 0.15) is 38.7 Å². The lowest BCUT2D eigenvalue weighted by Gasteiger charge is -2.23. The van der Waals surface area contributed by atoms with Crippen LogP contribution in [0.3, 0.4) is 0 Å². The molecule has 1 aromatic carbocycles. The smallest absolute Gasteiger partial charge is 0.228 e. The van der Waals surface area contributed by atoms with Crippen LogP contribution in [-0.2, 0) is 4.79 Å². The van der Waals surface area contributed by atoms with Crippen LogP contribution in [0.4, 0.5) is 5.69 Å². The molecule has 0 heterocycles. The molecular formula is C17H28N2O. The minimum atomic E-state index is 0.210. The molecule has 0 aliphatic carbocycles. The molecule has 1 amide bonds. The van der Waals surface area contributed by atoms with Gasteiger partial charge < -0.3 is 9.80 Å². The summed E-state index contributed by atoms with van der Waals surface area (Å²) in [6.07, 6.45) is 2.98. The lowest BCUT2D eigenvalue weighted by molar-refractivity contribution is -0.118. The number of hydrogen-bond acceptors (Lipinski definition) is 2. The maximum atomic E-state index is 12.4. The number of aryl methyl sites for hydroxylation is 1. The molecule has 0 bridgehead atoms. The summed E-state index contributed by atoms with van der Waals surface area (Å²) in [7, 11) is 2.09. The maximum Gasteiger partial charge on any atom is 0.228 e. The van der Waals surface area contributed by atoms with E-state index in [1.54, 1.807) is 0 Å². The highest BCUT2D eigenvalue weighted by molar-refractivity contribution is 5.93. The van der Waals surface area contributed by atoms with Crippen LogP contribution < -0.4 is 4.90 Å². The van der Waals surface area contributed by atoms with E-state index in [9.17, 15) is 4.79 Å². The van der Waals surface area contributed by atoms with E-state index in [1.165, 1.54) is 18.4 Å². The van der Waals surface area contributed by atoms with E-state index in [-0.39, 0.29) is 5.91 Å². The standard InChI is InChI=1S/C17H28N2O/c1-5-7-12-18(4)13-11-17(20)19(6-2)16-10-8-9-15(3)14-16/h8-10,14H,5-7,11-13H2,1-4H3. The minimum Gasteiger partial charge on any atom is -0.313 e. The number of rotatable bonds is 8. The van der Waals surface area contributed by atoms with E-state index < -0.39 is 0 Å². The van der Waals surface area contributed by atoms with E-state index in [0.29, 0.717) is 6.42 Å². The Morgan fingerprint density at radius 1 is 1.20 bits per heavy atom. The number of nitrogens with zero attached hydrogens (tertiary/aromatic N) is 2. The largest absolute Gasteiger partial charge is 0.313 e. The molecule has 0 atom stereocenters. The van der Waals surface area contributed by atoms with Gasteiger partial charge in [-0.25, -0.2) is 0 Å². The van der Waals surface area contributed by atoms with Gasteiger partial charge in [-0.2, -0.15) is 0 Å². The first-order chi connectivity index (χ1) is 9.58. The van der Waals surface area contributed by atoms with Crippen molar-refractivity contribution >= 4 is 11.6 Å². The Balaban J connectivity index is 2.55. The van der Waals surface area contributed by atoms with Gasteiger partial charge in [0.05, 0.1) is 0 Å². The maximum absolute atomic E-state index is 12.4. The molecule has 3 nitrogen and oxygen atoms in total. The Hall–Kier alpha value is -1.35. The summed E-state index contributed by atoms with van der Waals surface area (Å²) < 4.78 is 0. The van der Waals surface area contributed by atoms with Gasteiger partial charge in [-0.1, -0.05) is 25.5 Å². The third-order valence-electron chi connectivity index (χ3n) is 3.53. The highest BCUT2D eigenvalue weighted by Gasteiger charge is 2.14. The average Bonchev–Trinajstić information content (AvgIpc) is 2.43. The Bertz CT molecular complexity index is 417. The second-order valence-electron chi connectivity index (χ2n) is 5.38. The number of unbranched alkanes of at least 4 members (excludes halogenated alkanes) is 1. The molecule has 20 heavy (non-hydrogen) atoms. The summed E-state index contributed by atoms with van der Waals surface area (Å²) in [4.78, 5) is 16.5. The zero-order valence-corrected chi connectivity index (χ0v) is 13.4. The van der Waals surface area contributed by atoms with Gasteiger partial charge >= 0.3 is 0 Å². The van der Waals surface area contributed by atoms with Crippen LogP contribution in [0.2, 0.25) is 0 Å². The fourth-order valence-corrected chi connectivity index (χ4v) is 2.26. The average molecular weight is 276 g/mol. The van der Waals surface area contributed by atoms with Gasteiger partial charge in [0.15, 0.2) is 0 Å². The fourth-order valence-electron chi connectivity index (χ4n) is 2.26. The van der Waals surface area contributed by atoms with Crippen LogP contribution in [-0.4, -0.2) is 37.5 Å². The van der Waals surface area contributed by atoms with Crippen LogP contribution in [0.5, 0.6) is 0 Å². The van der Waals surface area contributed by atoms with Crippen LogP contribution in [0.15, 0.2) is 24.3 Å². The number of benzene rings is 1. The van der Waals surface area contributed by atoms with Crippen LogP contribution >= 0.6 is 0 Å². The molecule has 0 saturated heterocycles. The normalized spacial score (nSPS) is 10.8. The molecule has 0 unspecified atom stereocenters. The van der Waals surface area contributed by atoms with Crippen molar-refractivity contribution in [2.45, 2.75) is 40.0 Å². The molecule has 0 aliphatic heterocycles. The lowest BCUT2D eigenvalue weighted by Crippen LogP contribution is -2.33. The van der Waals surface area contributed by atoms with Crippen molar-refractivity contribution in [2.75, 3.05) is 31.6 Å². The van der Waals surface area contributed by atoms with Gasteiger partial charge in [0, 0.05) is 25.2 Å². The third kappa shape index (κ3) is 5.33. The van der Waals surface area contributed by atoms with Crippen molar-refractivity contribution in [1.82, 2.24) is 4.90 Å². The molecule has 1 rings (SSSR count). The first-order valence-corrected chi connectivity index (χ1v) is 7.64. The molecule has 0 radical (unpaired) electrons. The highest BCUT2D eigenvalue weighted by Crippen LogP contribution is 2.16. The summed E-state index contributed by atoms with van der Waals surface area (Å²) in [5.41, 5.74) is 2.20. The van der Waals surface area contributed by atoms with E-state index in [1.807, 2.05) is 24.0 Å². The topological polar surface area (TPSA) is 23.6 Å². The van der Waals surface area contributed by atoms with Crippen molar-refractivity contribution in [3.05, 3.63) is 29.8 Å². The van der Waals surface area contributed by atoms with Crippen LogP contribution in [0.25, 0.3) is 0 Å². The molecule has 112 valence electrons. The number of carbonyl (C=O) groups is 1. The van der Waals surface area contributed by atoms with Crippen molar-refractivity contribution < 1.29 is 4.79 Å². The monoisotopic (exact) mass is 276 g/mol. The van der Waals surface area contributed by atoms with Gasteiger partial charge in [0.1, 0.15) is 0 Å². The number of hydrogen-bond donors (Lipinski definition) is 0. The van der Waals surface area contributed by atoms with E-state index >= 15 is 0 Å². The highest BCUT2D eigenvalue weighted by atomic mass is 16.2. The van der Waals surface area contributed by atoms with Gasteiger partial charge in [-0.3, -0.25) is 4.79 Å². The van der Waals surface area contributed by atoms with Crippen molar-refractivity contribution in [2.24, 2.45) is 0 Å². The van der Waals surface area contributed by atoms with E-state index in [0.717, 1.165) is 25.3 Å². The molecule has 0 aromatic heterocycles. The SMILES string of the molecule is CCCCN(C)CCC(=O)N(CC)c1cccc(C)c1. The summed E-state index contributed by atoms with van der Waals surface area (Å²) in [5.74, 6) is 0.210. The van der Waals surface area contributed by atoms with Gasteiger partial charge in [-0.15, -0.1) is 0 Å². The Morgan fingerprint density at radius 2 is 1.95 bits per heavy atom. The quantitative estimate of drug-likeness (QED) is 0.726. The Labute approximate surface area is 123 Å². The number of carbonyl (C=O) groups excluding carboxylic acids is 1. The summed E-state index contributed by atoms with van der Waals surface area (Å²) in [6.45, 7) is 8.90. The predicted octanol–water partition coefficient (Wildman–Crippen LogP) is 3.47. The number of anilines is 1. The second-order valence-corrected chi connectivity index (χ2v) is 5.38. The molecule has 0 N–H and O–H groups in total. The Kier molecular flexibility index (Phi) is 7.31. The second kappa shape index (κ2) is 8.75. The molecule has 0 spiro atoms. The van der Waals surface area contributed by atoms with E-state index in [2.05, 4.69) is 37.9 Å². The third-order valence-corrected chi connectivity index (χ3v) is 3.53. The van der Waals surface area contributed by atoms with Crippen molar-refractivity contribution in [3.63, 3.8) is 0 Å². The zero-order valence-electron chi connectivity index (χ0n) is 13.4. The minimum absolute atomic E-state index is 0.210. The number of amides is 1. The van der Waals surface area contributed by atoms with Gasteiger partial charge in [-0.05, 0) is 51.6 Å². The molecule has 0 saturated carbocycles. The molecule has 0 fully saturated rings. The molecule has 3 heteroatoms. The van der Waals surface area contributed by atoms with Gasteiger partial charge in [0.2, 0.25) is 5.91 Å². The first kappa shape index (κ1) is 16.7. The van der Waals surface area contributed by atoms with Crippen LogP contribution in [0, 0.1) is 6.92 Å². The molecular weight excluding hydrogens is 248 g/mol. The van der Waals surface area contributed by atoms with Gasteiger partial charge in [0.25, 0.3) is 0 Å². The fraction of sp³-hybridized carbons (Fsp3) is 0.588. The molecule has 1 aromatic rings. The molecule has 0 aliphatic rings. The van der Waals surface area contributed by atoms with Crippen molar-refractivity contribution in [3.8, 4) is 0 Å².